The molecule has 94 valence electrons. The summed E-state index contributed by atoms with van der Waals surface area (Å²) in [5.41, 5.74) is 8.00. The summed E-state index contributed by atoms with van der Waals surface area (Å²) in [5, 5.41) is 0. The third kappa shape index (κ3) is 1.93. The molecule has 0 fully saturated rings. The Balaban J connectivity index is 1.92. The highest BCUT2D eigenvalue weighted by atomic mass is 16.6. The van der Waals surface area contributed by atoms with Crippen molar-refractivity contribution in [3.63, 3.8) is 0 Å². The Bertz CT molecular complexity index is 565. The summed E-state index contributed by atoms with van der Waals surface area (Å²) in [4.78, 5) is 4.27. The van der Waals surface area contributed by atoms with Crippen molar-refractivity contribution in [1.29, 1.82) is 0 Å². The van der Waals surface area contributed by atoms with E-state index in [2.05, 4.69) is 4.98 Å². The number of rotatable bonds is 2. The highest BCUT2D eigenvalue weighted by molar-refractivity contribution is 5.45. The molecular formula is C13H15N3O2. The number of hydrogen-bond acceptors (Lipinski definition) is 4. The lowest BCUT2D eigenvalue weighted by molar-refractivity contribution is 0.171. The maximum atomic E-state index is 6.19. The molecule has 2 aromatic rings. The molecule has 5 nitrogen and oxygen atoms in total. The van der Waals surface area contributed by atoms with Crippen LogP contribution >= 0.6 is 0 Å². The van der Waals surface area contributed by atoms with Gasteiger partial charge in [-0.1, -0.05) is 6.07 Å². The molecule has 18 heavy (non-hydrogen) atoms. The largest absolute Gasteiger partial charge is 0.486 e. The van der Waals surface area contributed by atoms with Crippen molar-refractivity contribution < 1.29 is 9.47 Å². The maximum absolute atomic E-state index is 6.19. The molecule has 1 unspecified atom stereocenters. The number of nitrogens with zero attached hydrogens (tertiary/aromatic N) is 2. The van der Waals surface area contributed by atoms with Gasteiger partial charge in [0, 0.05) is 13.2 Å². The number of imidazole rings is 1. The Labute approximate surface area is 105 Å². The Morgan fingerprint density at radius 3 is 2.78 bits per heavy atom. The maximum Gasteiger partial charge on any atom is 0.161 e. The van der Waals surface area contributed by atoms with Crippen molar-refractivity contribution in [1.82, 2.24) is 9.55 Å². The summed E-state index contributed by atoms with van der Waals surface area (Å²) in [6.45, 7) is 1.17. The van der Waals surface area contributed by atoms with Gasteiger partial charge in [-0.05, 0) is 17.7 Å². The van der Waals surface area contributed by atoms with Gasteiger partial charge in [-0.15, -0.1) is 0 Å². The van der Waals surface area contributed by atoms with Crippen LogP contribution in [0.25, 0.3) is 0 Å². The molecular weight excluding hydrogens is 230 g/mol. The van der Waals surface area contributed by atoms with Crippen LogP contribution in [0.2, 0.25) is 0 Å². The SMILES string of the molecule is Cn1cnc(C(N)c2ccc3c(c2)OCCO3)c1. The molecule has 2 heterocycles. The van der Waals surface area contributed by atoms with Crippen LogP contribution in [0.1, 0.15) is 17.3 Å². The standard InChI is InChI=1S/C13H15N3O2/c1-16-7-10(15-8-16)13(14)9-2-3-11-12(6-9)18-5-4-17-11/h2-3,6-8,13H,4-5,14H2,1H3. The minimum Gasteiger partial charge on any atom is -0.486 e. The second-order valence-corrected chi connectivity index (χ2v) is 4.34. The minimum atomic E-state index is -0.248. The molecule has 1 aromatic carbocycles. The second kappa shape index (κ2) is 4.34. The van der Waals surface area contributed by atoms with Gasteiger partial charge >= 0.3 is 0 Å². The summed E-state index contributed by atoms with van der Waals surface area (Å²) >= 11 is 0. The average molecular weight is 245 g/mol. The highest BCUT2D eigenvalue weighted by Crippen LogP contribution is 2.33. The Morgan fingerprint density at radius 2 is 2.06 bits per heavy atom. The number of fused-ring (bicyclic) bond motifs is 1. The van der Waals surface area contributed by atoms with Crippen molar-refractivity contribution in [2.24, 2.45) is 12.8 Å². The molecule has 1 atom stereocenters. The fourth-order valence-corrected chi connectivity index (χ4v) is 2.02. The van der Waals surface area contributed by atoms with E-state index in [1.807, 2.05) is 36.0 Å². The van der Waals surface area contributed by atoms with Gasteiger partial charge in [-0.2, -0.15) is 0 Å². The lowest BCUT2D eigenvalue weighted by atomic mass is 10.0. The molecule has 0 aliphatic carbocycles. The number of ether oxygens (including phenoxy) is 2. The molecule has 0 radical (unpaired) electrons. The molecule has 2 N–H and O–H groups in total. The molecule has 1 aliphatic heterocycles. The minimum absolute atomic E-state index is 0.248. The van der Waals surface area contributed by atoms with E-state index in [9.17, 15) is 0 Å². The number of aromatic nitrogens is 2. The van der Waals surface area contributed by atoms with Crippen molar-refractivity contribution in [3.05, 3.63) is 42.0 Å². The third-order valence-electron chi connectivity index (χ3n) is 2.97. The van der Waals surface area contributed by atoms with Crippen LogP contribution < -0.4 is 15.2 Å². The van der Waals surface area contributed by atoms with Crippen LogP contribution in [0.5, 0.6) is 11.5 Å². The van der Waals surface area contributed by atoms with Gasteiger partial charge in [0.05, 0.1) is 18.1 Å². The van der Waals surface area contributed by atoms with Crippen LogP contribution in [0.4, 0.5) is 0 Å². The van der Waals surface area contributed by atoms with E-state index in [0.29, 0.717) is 13.2 Å². The van der Waals surface area contributed by atoms with E-state index in [4.69, 9.17) is 15.2 Å². The first-order valence-electron chi connectivity index (χ1n) is 5.87. The van der Waals surface area contributed by atoms with Crippen molar-refractivity contribution in [3.8, 4) is 11.5 Å². The summed E-state index contributed by atoms with van der Waals surface area (Å²) in [6, 6.07) is 5.52. The average Bonchev–Trinajstić information content (AvgIpc) is 2.84. The zero-order chi connectivity index (χ0) is 12.5. The van der Waals surface area contributed by atoms with E-state index >= 15 is 0 Å². The Morgan fingerprint density at radius 1 is 1.28 bits per heavy atom. The highest BCUT2D eigenvalue weighted by Gasteiger charge is 2.16. The molecule has 0 saturated heterocycles. The first-order chi connectivity index (χ1) is 8.74. The number of aryl methyl sites for hydroxylation is 1. The summed E-state index contributed by atoms with van der Waals surface area (Å²) in [7, 11) is 1.92. The van der Waals surface area contributed by atoms with E-state index in [-0.39, 0.29) is 6.04 Å². The predicted molar refractivity (Wildman–Crippen MR) is 66.7 cm³/mol. The monoisotopic (exact) mass is 245 g/mol. The van der Waals surface area contributed by atoms with E-state index in [1.54, 1.807) is 6.33 Å². The fraction of sp³-hybridized carbons (Fsp3) is 0.308. The molecule has 0 saturated carbocycles. The van der Waals surface area contributed by atoms with Crippen molar-refractivity contribution in [2.45, 2.75) is 6.04 Å². The van der Waals surface area contributed by atoms with Crippen molar-refractivity contribution >= 4 is 0 Å². The van der Waals surface area contributed by atoms with Crippen molar-refractivity contribution in [2.75, 3.05) is 13.2 Å². The number of hydrogen-bond donors (Lipinski definition) is 1. The molecule has 3 rings (SSSR count). The van der Waals surface area contributed by atoms with Crippen LogP contribution in [0.3, 0.4) is 0 Å². The number of benzene rings is 1. The van der Waals surface area contributed by atoms with Crippen LogP contribution in [0.15, 0.2) is 30.7 Å². The first-order valence-corrected chi connectivity index (χ1v) is 5.87. The van der Waals surface area contributed by atoms with E-state index in [0.717, 1.165) is 22.8 Å². The Hall–Kier alpha value is -2.01. The number of nitrogens with two attached hydrogens (primary N) is 1. The zero-order valence-electron chi connectivity index (χ0n) is 10.2. The predicted octanol–water partition coefficient (Wildman–Crippen LogP) is 1.24. The van der Waals surface area contributed by atoms with Gasteiger partial charge in [0.15, 0.2) is 11.5 Å². The van der Waals surface area contributed by atoms with Gasteiger partial charge < -0.3 is 19.8 Å². The third-order valence-corrected chi connectivity index (χ3v) is 2.97. The zero-order valence-corrected chi connectivity index (χ0v) is 10.2. The van der Waals surface area contributed by atoms with Crippen LogP contribution in [-0.2, 0) is 7.05 Å². The topological polar surface area (TPSA) is 62.3 Å². The summed E-state index contributed by atoms with van der Waals surface area (Å²) in [5.74, 6) is 1.53. The van der Waals surface area contributed by atoms with Gasteiger partial charge in [-0.3, -0.25) is 0 Å². The molecule has 1 aliphatic rings. The van der Waals surface area contributed by atoms with Gasteiger partial charge in [-0.25, -0.2) is 4.98 Å². The van der Waals surface area contributed by atoms with E-state index < -0.39 is 0 Å². The van der Waals surface area contributed by atoms with Crippen LogP contribution in [0, 0.1) is 0 Å². The molecule has 0 bridgehead atoms. The molecule has 1 aromatic heterocycles. The second-order valence-electron chi connectivity index (χ2n) is 4.34. The van der Waals surface area contributed by atoms with Gasteiger partial charge in [0.2, 0.25) is 0 Å². The quantitative estimate of drug-likeness (QED) is 0.864. The van der Waals surface area contributed by atoms with Gasteiger partial charge in [0.1, 0.15) is 13.2 Å². The molecule has 0 spiro atoms. The molecule has 5 heteroatoms. The van der Waals surface area contributed by atoms with E-state index in [1.165, 1.54) is 0 Å². The van der Waals surface area contributed by atoms with Crippen LogP contribution in [-0.4, -0.2) is 22.8 Å². The summed E-state index contributed by atoms with van der Waals surface area (Å²) < 4.78 is 12.9. The lowest BCUT2D eigenvalue weighted by Crippen LogP contribution is -2.17. The first kappa shape index (κ1) is 11.1. The summed E-state index contributed by atoms with van der Waals surface area (Å²) in [6.07, 6.45) is 3.66. The smallest absolute Gasteiger partial charge is 0.161 e. The fourth-order valence-electron chi connectivity index (χ4n) is 2.02. The normalized spacial score (nSPS) is 15.4. The Kier molecular flexibility index (Phi) is 2.68. The van der Waals surface area contributed by atoms with Gasteiger partial charge in [0.25, 0.3) is 0 Å². The molecule has 0 amide bonds. The lowest BCUT2D eigenvalue weighted by Gasteiger charge is -2.20.